The second kappa shape index (κ2) is 9.33. The molecule has 1 aliphatic rings. The second-order valence-electron chi connectivity index (χ2n) is 9.19. The molecule has 11 nitrogen and oxygen atoms in total. The number of hydrogen-bond acceptors (Lipinski definition) is 9. The number of sulfonamides is 1. The zero-order valence-electron chi connectivity index (χ0n) is 20.2. The Labute approximate surface area is 208 Å². The van der Waals surface area contributed by atoms with Crippen LogP contribution in [-0.4, -0.2) is 56.5 Å². The van der Waals surface area contributed by atoms with Crippen molar-refractivity contribution in [2.24, 2.45) is 0 Å². The van der Waals surface area contributed by atoms with Crippen molar-refractivity contribution in [2.45, 2.75) is 45.2 Å². The topological polar surface area (TPSA) is 143 Å². The van der Waals surface area contributed by atoms with Crippen LogP contribution in [-0.2, 0) is 10.0 Å². The zero-order chi connectivity index (χ0) is 25.4. The summed E-state index contributed by atoms with van der Waals surface area (Å²) in [6.45, 7) is 4.52. The Balaban J connectivity index is 1.53. The highest BCUT2D eigenvalue weighted by Gasteiger charge is 2.33. The highest BCUT2D eigenvalue weighted by atomic mass is 32.2. The lowest BCUT2D eigenvalue weighted by atomic mass is 10.0. The number of pyridine rings is 2. The van der Waals surface area contributed by atoms with Crippen LogP contribution >= 0.6 is 0 Å². The molecule has 12 heteroatoms. The number of fused-ring (bicyclic) bond motifs is 1. The van der Waals surface area contributed by atoms with Gasteiger partial charge in [-0.1, -0.05) is 11.6 Å². The van der Waals surface area contributed by atoms with E-state index in [2.05, 4.69) is 31.6 Å². The Morgan fingerprint density at radius 3 is 2.75 bits per heavy atom. The minimum atomic E-state index is -3.37. The van der Waals surface area contributed by atoms with E-state index in [0.717, 1.165) is 29.5 Å². The summed E-state index contributed by atoms with van der Waals surface area (Å²) in [6, 6.07) is 7.22. The minimum absolute atomic E-state index is 0.120. The van der Waals surface area contributed by atoms with E-state index in [0.29, 0.717) is 41.4 Å². The SMILES string of the molecule is CC(C)Nc1cc(-n2ncc3cc(C#N)cnc32)ncc1-c1cc(C2CCCCN2S(C)(=O)=O)on1. The van der Waals surface area contributed by atoms with Crippen LogP contribution in [0.3, 0.4) is 0 Å². The molecule has 0 aromatic carbocycles. The summed E-state index contributed by atoms with van der Waals surface area (Å²) in [6.07, 6.45) is 8.50. The summed E-state index contributed by atoms with van der Waals surface area (Å²) in [5.41, 5.74) is 3.11. The molecule has 1 aliphatic heterocycles. The number of rotatable bonds is 6. The Morgan fingerprint density at radius 2 is 2.00 bits per heavy atom. The Morgan fingerprint density at radius 1 is 1.17 bits per heavy atom. The van der Waals surface area contributed by atoms with Crippen molar-refractivity contribution in [1.29, 1.82) is 5.26 Å². The van der Waals surface area contributed by atoms with Gasteiger partial charge >= 0.3 is 0 Å². The van der Waals surface area contributed by atoms with Gasteiger partial charge in [-0.25, -0.2) is 18.4 Å². The van der Waals surface area contributed by atoms with Gasteiger partial charge in [-0.15, -0.1) is 0 Å². The largest absolute Gasteiger partial charge is 0.382 e. The van der Waals surface area contributed by atoms with Crippen molar-refractivity contribution in [3.05, 3.63) is 48.1 Å². The van der Waals surface area contributed by atoms with Gasteiger partial charge < -0.3 is 9.84 Å². The van der Waals surface area contributed by atoms with E-state index >= 15 is 0 Å². The number of piperidine rings is 1. The number of aromatic nitrogens is 5. The van der Waals surface area contributed by atoms with E-state index in [9.17, 15) is 8.42 Å². The van der Waals surface area contributed by atoms with Gasteiger partial charge in [0.15, 0.2) is 17.2 Å². The molecule has 1 saturated heterocycles. The molecule has 5 rings (SSSR count). The molecule has 186 valence electrons. The molecule has 0 spiro atoms. The van der Waals surface area contributed by atoms with Crippen LogP contribution in [0, 0.1) is 11.3 Å². The molecular weight excluding hydrogens is 480 g/mol. The monoisotopic (exact) mass is 506 g/mol. The van der Waals surface area contributed by atoms with E-state index in [1.807, 2.05) is 19.9 Å². The van der Waals surface area contributed by atoms with Crippen LogP contribution in [0.15, 0.2) is 41.3 Å². The van der Waals surface area contributed by atoms with Gasteiger partial charge in [-0.3, -0.25) is 0 Å². The third kappa shape index (κ3) is 4.55. The lowest BCUT2D eigenvalue weighted by Crippen LogP contribution is -2.37. The fraction of sp³-hybridized carbons (Fsp3) is 0.375. The standard InChI is InChI=1S/C24H26N8O3S/c1-15(2)29-19-10-23(32-24-17(13-28-32)8-16(11-25)12-27-24)26-14-18(19)20-9-22(35-30-20)21-6-4-5-7-31(21)36(3,33)34/h8-10,12-15,21H,4-7H2,1-3H3,(H,26,29). The third-order valence-electron chi connectivity index (χ3n) is 6.10. The van der Waals surface area contributed by atoms with Gasteiger partial charge in [-0.2, -0.15) is 19.3 Å². The van der Waals surface area contributed by atoms with Crippen LogP contribution in [0.4, 0.5) is 5.69 Å². The summed E-state index contributed by atoms with van der Waals surface area (Å²) in [4.78, 5) is 8.98. The van der Waals surface area contributed by atoms with Crippen molar-refractivity contribution < 1.29 is 12.9 Å². The summed E-state index contributed by atoms with van der Waals surface area (Å²) in [7, 11) is -3.37. The maximum absolute atomic E-state index is 12.3. The van der Waals surface area contributed by atoms with Gasteiger partial charge in [0.1, 0.15) is 11.8 Å². The Kier molecular flexibility index (Phi) is 6.19. The molecule has 0 bridgehead atoms. The number of hydrogen-bond donors (Lipinski definition) is 1. The quantitative estimate of drug-likeness (QED) is 0.414. The van der Waals surface area contributed by atoms with E-state index in [1.54, 1.807) is 29.2 Å². The molecule has 0 amide bonds. The maximum atomic E-state index is 12.3. The molecule has 0 radical (unpaired) electrons. The van der Waals surface area contributed by atoms with Crippen molar-refractivity contribution in [3.63, 3.8) is 0 Å². The van der Waals surface area contributed by atoms with Crippen molar-refractivity contribution in [1.82, 2.24) is 29.2 Å². The lowest BCUT2D eigenvalue weighted by molar-refractivity contribution is 0.212. The number of nitrogens with one attached hydrogen (secondary N) is 1. The van der Waals surface area contributed by atoms with Crippen LogP contribution in [0.2, 0.25) is 0 Å². The molecule has 1 N–H and O–H groups in total. The van der Waals surface area contributed by atoms with Gasteiger partial charge in [0, 0.05) is 53.8 Å². The van der Waals surface area contributed by atoms with Gasteiger partial charge in [-0.05, 0) is 32.8 Å². The molecule has 36 heavy (non-hydrogen) atoms. The zero-order valence-corrected chi connectivity index (χ0v) is 21.0. The van der Waals surface area contributed by atoms with Crippen LogP contribution in [0.5, 0.6) is 0 Å². The van der Waals surface area contributed by atoms with Crippen LogP contribution in [0.25, 0.3) is 28.1 Å². The van der Waals surface area contributed by atoms with Gasteiger partial charge in [0.25, 0.3) is 0 Å². The Hall–Kier alpha value is -3.82. The van der Waals surface area contributed by atoms with Gasteiger partial charge in [0.2, 0.25) is 10.0 Å². The first kappa shape index (κ1) is 23.9. The molecule has 0 aliphatic carbocycles. The van der Waals surface area contributed by atoms with Crippen molar-refractivity contribution >= 4 is 26.7 Å². The maximum Gasteiger partial charge on any atom is 0.211 e. The van der Waals surface area contributed by atoms with Crippen LogP contribution < -0.4 is 5.32 Å². The first-order valence-corrected chi connectivity index (χ1v) is 13.5. The molecule has 5 heterocycles. The molecule has 0 saturated carbocycles. The molecule has 1 unspecified atom stereocenters. The average molecular weight is 507 g/mol. The number of nitrogens with zero attached hydrogens (tertiary/aromatic N) is 7. The van der Waals surface area contributed by atoms with Crippen molar-refractivity contribution in [3.8, 4) is 23.1 Å². The predicted molar refractivity (Wildman–Crippen MR) is 134 cm³/mol. The summed E-state index contributed by atoms with van der Waals surface area (Å²) < 4.78 is 33.4. The third-order valence-corrected chi connectivity index (χ3v) is 7.39. The second-order valence-corrected chi connectivity index (χ2v) is 11.1. The summed E-state index contributed by atoms with van der Waals surface area (Å²) in [5.74, 6) is 1.07. The smallest absolute Gasteiger partial charge is 0.211 e. The van der Waals surface area contributed by atoms with E-state index in [4.69, 9.17) is 9.78 Å². The molecule has 4 aromatic heterocycles. The molecule has 4 aromatic rings. The predicted octanol–water partition coefficient (Wildman–Crippen LogP) is 3.65. The number of anilines is 1. The van der Waals surface area contributed by atoms with Gasteiger partial charge in [0.05, 0.1) is 24.1 Å². The Bertz CT molecular complexity index is 1570. The average Bonchev–Trinajstić information content (AvgIpc) is 3.50. The molecule has 1 atom stereocenters. The minimum Gasteiger partial charge on any atom is -0.382 e. The fourth-order valence-corrected chi connectivity index (χ4v) is 5.64. The van der Waals surface area contributed by atoms with E-state index < -0.39 is 10.0 Å². The summed E-state index contributed by atoms with van der Waals surface area (Å²) in [5, 5.41) is 22.0. The van der Waals surface area contributed by atoms with E-state index in [1.165, 1.54) is 16.8 Å². The lowest BCUT2D eigenvalue weighted by Gasteiger charge is -2.31. The summed E-state index contributed by atoms with van der Waals surface area (Å²) >= 11 is 0. The highest BCUT2D eigenvalue weighted by molar-refractivity contribution is 7.88. The van der Waals surface area contributed by atoms with Crippen molar-refractivity contribution in [2.75, 3.05) is 18.1 Å². The molecule has 1 fully saturated rings. The van der Waals surface area contributed by atoms with Crippen LogP contribution in [0.1, 0.15) is 50.5 Å². The molecular formula is C24H26N8O3S. The first-order chi connectivity index (χ1) is 17.2. The van der Waals surface area contributed by atoms with E-state index in [-0.39, 0.29) is 12.1 Å². The fourth-order valence-electron chi connectivity index (χ4n) is 4.50. The first-order valence-electron chi connectivity index (χ1n) is 11.7. The normalized spacial score (nSPS) is 16.9. The highest BCUT2D eigenvalue weighted by Crippen LogP contribution is 2.36. The number of nitriles is 1.